The molecule has 4 aliphatic carbocycles. The average molecular weight is 489 g/mol. The van der Waals surface area contributed by atoms with Crippen LogP contribution in [0.25, 0.3) is 0 Å². The summed E-state index contributed by atoms with van der Waals surface area (Å²) in [6, 6.07) is 0. The monoisotopic (exact) mass is 488 g/mol. The van der Waals surface area contributed by atoms with E-state index in [1.807, 2.05) is 20.8 Å². The van der Waals surface area contributed by atoms with Crippen LogP contribution in [0, 0.1) is 40.4 Å². The van der Waals surface area contributed by atoms with Crippen LogP contribution >= 0.6 is 0 Å². The van der Waals surface area contributed by atoms with E-state index in [2.05, 4.69) is 13.8 Å². The molecule has 194 valence electrons. The van der Waals surface area contributed by atoms with Crippen molar-refractivity contribution in [1.82, 2.24) is 0 Å². The molecule has 0 amide bonds. The van der Waals surface area contributed by atoms with E-state index >= 15 is 0 Å². The van der Waals surface area contributed by atoms with Gasteiger partial charge in [0.05, 0.1) is 17.6 Å². The van der Waals surface area contributed by atoms with Crippen molar-refractivity contribution in [3.05, 3.63) is 0 Å². The zero-order chi connectivity index (χ0) is 24.9. The molecule has 3 heterocycles. The zero-order valence-corrected chi connectivity index (χ0v) is 21.6. The van der Waals surface area contributed by atoms with Crippen LogP contribution in [0.3, 0.4) is 0 Å². The molecule has 0 aromatic heterocycles. The molecule has 0 bridgehead atoms. The van der Waals surface area contributed by atoms with Gasteiger partial charge in [0.2, 0.25) is 0 Å². The lowest BCUT2D eigenvalue weighted by atomic mass is 9.42. The molecule has 7 nitrogen and oxygen atoms in total. The van der Waals surface area contributed by atoms with E-state index in [1.54, 1.807) is 0 Å². The van der Waals surface area contributed by atoms with Gasteiger partial charge in [-0.1, -0.05) is 13.8 Å². The Labute approximate surface area is 207 Å². The topological polar surface area (TPSA) is 109 Å². The minimum Gasteiger partial charge on any atom is -0.460 e. The van der Waals surface area contributed by atoms with Crippen LogP contribution in [0.4, 0.5) is 0 Å². The third kappa shape index (κ3) is 2.44. The fraction of sp³-hybridized carbons (Fsp3) is 0.929. The smallest absolute Gasteiger partial charge is 0.341 e. The van der Waals surface area contributed by atoms with Crippen molar-refractivity contribution in [3.63, 3.8) is 0 Å². The van der Waals surface area contributed by atoms with Crippen molar-refractivity contribution >= 4 is 11.8 Å². The van der Waals surface area contributed by atoms with Crippen molar-refractivity contribution in [3.8, 4) is 0 Å². The second kappa shape index (κ2) is 6.51. The number of hydrogen-bond acceptors (Lipinski definition) is 7. The third-order valence-corrected chi connectivity index (χ3v) is 12.9. The predicted molar refractivity (Wildman–Crippen MR) is 124 cm³/mol. The largest absolute Gasteiger partial charge is 0.460 e. The number of hydrogen-bond donors (Lipinski definition) is 2. The highest BCUT2D eigenvalue weighted by molar-refractivity contribution is 5.88. The Kier molecular flexibility index (Phi) is 4.30. The molecule has 0 aromatic carbocycles. The van der Waals surface area contributed by atoms with Gasteiger partial charge >= 0.3 is 5.97 Å². The number of esters is 1. The van der Waals surface area contributed by atoms with Crippen LogP contribution < -0.4 is 0 Å². The van der Waals surface area contributed by atoms with Crippen LogP contribution in [-0.2, 0) is 23.8 Å². The summed E-state index contributed by atoms with van der Waals surface area (Å²) < 4.78 is 18.0. The van der Waals surface area contributed by atoms with Crippen molar-refractivity contribution in [2.24, 2.45) is 40.4 Å². The minimum atomic E-state index is -1.12. The van der Waals surface area contributed by atoms with Gasteiger partial charge in [-0.2, -0.15) is 0 Å². The maximum absolute atomic E-state index is 13.4. The Morgan fingerprint density at radius 1 is 1.09 bits per heavy atom. The molecule has 3 aliphatic heterocycles. The Morgan fingerprint density at radius 2 is 1.83 bits per heavy atom. The highest BCUT2D eigenvalue weighted by atomic mass is 16.7. The summed E-state index contributed by atoms with van der Waals surface area (Å²) >= 11 is 0. The number of ketones is 1. The number of carbonyl (C=O) groups is 2. The van der Waals surface area contributed by atoms with Gasteiger partial charge in [0.25, 0.3) is 0 Å². The molecule has 4 saturated carbocycles. The summed E-state index contributed by atoms with van der Waals surface area (Å²) in [5.41, 5.74) is -3.60. The number of aliphatic hydroxyl groups is 2. The fourth-order valence-electron chi connectivity index (χ4n) is 10.4. The lowest BCUT2D eigenvalue weighted by Crippen LogP contribution is -2.69. The minimum absolute atomic E-state index is 0.0261. The highest BCUT2D eigenvalue weighted by Gasteiger charge is 2.79. The molecule has 0 unspecified atom stereocenters. The van der Waals surface area contributed by atoms with Crippen LogP contribution in [0.1, 0.15) is 79.6 Å². The number of carbonyl (C=O) groups excluding carboxylic acids is 2. The SMILES string of the molecule is C[C@@H]([C@H]1CC[C@H]2[C@@H]3[C@@H]4O[C@@H]4[C@@]4(O)CCCC(=O)[C@]4(C)[C@H]3C[C@H](O)[C@]12C)[C@H]1C[C@]2(C)O[C@]2(C)C(=O)O1. The molecule has 3 saturated heterocycles. The standard InChI is InChI=1S/C28H40O7/c1-13(17-12-24(2)27(5,35-24)23(31)33-17)14-8-9-15-20-16(11-19(30)25(14,15)3)26(4)18(29)7-6-10-28(26,32)22-21(20)34-22/h13-17,19-22,30,32H,6-12H2,1-5H3/t13-,14+,15-,16-,17+,19-,20-,21-,22-,24-,25+,26-,27+,28-/m0/s1. The van der Waals surface area contributed by atoms with Crippen LogP contribution in [0.2, 0.25) is 0 Å². The Hall–Kier alpha value is -1.02. The first-order valence-electron chi connectivity index (χ1n) is 13.8. The molecule has 0 aromatic rings. The van der Waals surface area contributed by atoms with Crippen LogP contribution in [0.5, 0.6) is 0 Å². The summed E-state index contributed by atoms with van der Waals surface area (Å²) in [5, 5.41) is 23.6. The van der Waals surface area contributed by atoms with Gasteiger partial charge in [0, 0.05) is 12.8 Å². The lowest BCUT2D eigenvalue weighted by Gasteiger charge is -2.62. The van der Waals surface area contributed by atoms with Crippen LogP contribution in [-0.4, -0.2) is 63.2 Å². The molecule has 0 radical (unpaired) electrons. The molecule has 7 rings (SSSR count). The maximum atomic E-state index is 13.4. The summed E-state index contributed by atoms with van der Waals surface area (Å²) in [4.78, 5) is 26.1. The van der Waals surface area contributed by atoms with Crippen molar-refractivity contribution in [2.45, 2.75) is 121 Å². The molecule has 0 spiro atoms. The second-order valence-corrected chi connectivity index (χ2v) is 13.9. The van der Waals surface area contributed by atoms with Gasteiger partial charge in [-0.25, -0.2) is 4.79 Å². The predicted octanol–water partition coefficient (Wildman–Crippen LogP) is 2.79. The Balaban J connectivity index is 1.21. The maximum Gasteiger partial charge on any atom is 0.341 e. The quantitative estimate of drug-likeness (QED) is 0.454. The molecular formula is C28H40O7. The molecule has 14 atom stereocenters. The Morgan fingerprint density at radius 3 is 2.54 bits per heavy atom. The van der Waals surface area contributed by atoms with E-state index in [-0.39, 0.29) is 65.1 Å². The normalized spacial score (nSPS) is 63.1. The van der Waals surface area contributed by atoms with Gasteiger partial charge in [0.15, 0.2) is 5.60 Å². The van der Waals surface area contributed by atoms with Gasteiger partial charge in [-0.15, -0.1) is 0 Å². The highest BCUT2D eigenvalue weighted by Crippen LogP contribution is 2.72. The van der Waals surface area contributed by atoms with Gasteiger partial charge in [-0.05, 0) is 87.9 Å². The second-order valence-electron chi connectivity index (χ2n) is 13.9. The van der Waals surface area contributed by atoms with Crippen molar-refractivity contribution in [2.75, 3.05) is 0 Å². The number of Topliss-reactive ketones (excluding diaryl/α,β-unsaturated/α-hetero) is 1. The average Bonchev–Trinajstić information content (AvgIpc) is 3.66. The van der Waals surface area contributed by atoms with E-state index in [0.29, 0.717) is 32.1 Å². The molecule has 7 aliphatic rings. The van der Waals surface area contributed by atoms with Crippen molar-refractivity contribution < 1.29 is 34.0 Å². The fourth-order valence-corrected chi connectivity index (χ4v) is 10.4. The summed E-state index contributed by atoms with van der Waals surface area (Å²) in [5.74, 6) is 0.472. The molecule has 7 heteroatoms. The van der Waals surface area contributed by atoms with E-state index in [0.717, 1.165) is 12.8 Å². The number of rotatable bonds is 2. The summed E-state index contributed by atoms with van der Waals surface area (Å²) in [7, 11) is 0. The lowest BCUT2D eigenvalue weighted by molar-refractivity contribution is -0.211. The number of aliphatic hydroxyl groups excluding tert-OH is 1. The number of epoxide rings is 2. The Bertz CT molecular complexity index is 1010. The number of cyclic esters (lactones) is 1. The van der Waals surface area contributed by atoms with Gasteiger partial charge in [-0.3, -0.25) is 4.79 Å². The van der Waals surface area contributed by atoms with Crippen LogP contribution in [0.15, 0.2) is 0 Å². The zero-order valence-electron chi connectivity index (χ0n) is 21.6. The van der Waals surface area contributed by atoms with Gasteiger partial charge in [0.1, 0.15) is 29.2 Å². The van der Waals surface area contributed by atoms with E-state index < -0.39 is 28.3 Å². The molecule has 35 heavy (non-hydrogen) atoms. The van der Waals surface area contributed by atoms with Gasteiger partial charge < -0.3 is 24.4 Å². The first kappa shape index (κ1) is 23.1. The summed E-state index contributed by atoms with van der Waals surface area (Å²) in [6.07, 6.45) is 3.83. The first-order valence-corrected chi connectivity index (χ1v) is 13.8. The molecule has 7 fully saturated rings. The third-order valence-electron chi connectivity index (χ3n) is 12.9. The molecular weight excluding hydrogens is 448 g/mol. The summed E-state index contributed by atoms with van der Waals surface area (Å²) in [6.45, 7) is 10.2. The van der Waals surface area contributed by atoms with E-state index in [1.165, 1.54) is 0 Å². The number of ether oxygens (including phenoxy) is 3. The molecule has 2 N–H and O–H groups in total. The first-order chi connectivity index (χ1) is 16.3. The van der Waals surface area contributed by atoms with E-state index in [4.69, 9.17) is 14.2 Å². The number of fused-ring (bicyclic) bond motifs is 9. The van der Waals surface area contributed by atoms with Crippen molar-refractivity contribution in [1.29, 1.82) is 0 Å². The van der Waals surface area contributed by atoms with E-state index in [9.17, 15) is 19.8 Å².